The number of rotatable bonds is 19. The fourth-order valence-corrected chi connectivity index (χ4v) is 8.87. The molecule has 15 heteroatoms. The molecule has 0 unspecified atom stereocenters. The number of carbonyl (C=O) groups is 3. The van der Waals surface area contributed by atoms with Gasteiger partial charge in [0.25, 0.3) is 32.1 Å². The molecule has 5 rings (SSSR count). The maximum absolute atomic E-state index is 12.5. The normalized spacial score (nSPS) is 18.3. The average Bonchev–Trinajstić information content (AvgIpc) is 3.61. The molecule has 0 radical (unpaired) electrons. The van der Waals surface area contributed by atoms with Crippen molar-refractivity contribution in [2.75, 3.05) is 31.1 Å². The molecule has 0 aromatic heterocycles. The second-order valence-corrected chi connectivity index (χ2v) is 19.3. The summed E-state index contributed by atoms with van der Waals surface area (Å²) in [6.07, 6.45) is 26.0. The van der Waals surface area contributed by atoms with Crippen molar-refractivity contribution in [3.05, 3.63) is 137 Å². The van der Waals surface area contributed by atoms with Gasteiger partial charge in [0.15, 0.2) is 0 Å². The van der Waals surface area contributed by atoms with E-state index in [-0.39, 0.29) is 35.2 Å². The number of aryl methyl sites for hydroxylation is 1. The molecule has 0 spiro atoms. The van der Waals surface area contributed by atoms with Gasteiger partial charge in [0.05, 0.1) is 9.79 Å². The fourth-order valence-electron chi connectivity index (χ4n) is 7.85. The molecule has 3 amide bonds. The monoisotopic (exact) mass is 884 g/mol. The van der Waals surface area contributed by atoms with Crippen LogP contribution in [0.15, 0.2) is 135 Å². The summed E-state index contributed by atoms with van der Waals surface area (Å²) in [4.78, 5) is 43.9. The fraction of sp³-hybridized carbons (Fsp3) is 0.362. The van der Waals surface area contributed by atoms with Crippen molar-refractivity contribution in [3.8, 4) is 0 Å². The smallest absolute Gasteiger partial charge is 0.294 e. The Bertz CT molecular complexity index is 2520. The maximum Gasteiger partial charge on any atom is 0.294 e. The number of amides is 3. The van der Waals surface area contributed by atoms with Gasteiger partial charge in [0.1, 0.15) is 0 Å². The summed E-state index contributed by atoms with van der Waals surface area (Å²) in [5.74, 6) is -0.982. The summed E-state index contributed by atoms with van der Waals surface area (Å²) in [5.41, 5.74) is 4.19. The summed E-state index contributed by atoms with van der Waals surface area (Å²) in [7, 11) is -8.95. The van der Waals surface area contributed by atoms with Crippen molar-refractivity contribution in [1.29, 1.82) is 0 Å². The lowest BCUT2D eigenvalue weighted by molar-refractivity contribution is -0.137. The molecule has 2 aromatic carbocycles. The van der Waals surface area contributed by atoms with E-state index in [1.54, 1.807) is 12.1 Å². The number of carbonyl (C=O) groups excluding carboxylic acids is 3. The first-order valence-corrected chi connectivity index (χ1v) is 23.5. The average molecular weight is 885 g/mol. The molecule has 330 valence electrons. The molecule has 2 aromatic rings. The number of hydrogen-bond acceptors (Lipinski definition) is 9. The van der Waals surface area contributed by atoms with Crippen LogP contribution in [0.4, 0.5) is 5.69 Å². The lowest BCUT2D eigenvalue weighted by Crippen LogP contribution is -2.38. The van der Waals surface area contributed by atoms with Crippen molar-refractivity contribution < 1.29 is 40.3 Å². The summed E-state index contributed by atoms with van der Waals surface area (Å²) < 4.78 is 68.7. The Labute approximate surface area is 365 Å². The Morgan fingerprint density at radius 3 is 2.19 bits per heavy atom. The molecule has 3 aliphatic rings. The van der Waals surface area contributed by atoms with E-state index in [9.17, 15) is 40.3 Å². The number of aliphatic imine (C=N–C) groups is 1. The van der Waals surface area contributed by atoms with Gasteiger partial charge in [-0.2, -0.15) is 16.8 Å². The third-order valence-electron chi connectivity index (χ3n) is 11.3. The molecule has 0 bridgehead atoms. The van der Waals surface area contributed by atoms with Crippen molar-refractivity contribution in [2.45, 2.75) is 93.8 Å². The number of nitrogens with zero attached hydrogens (tertiary/aromatic N) is 3. The number of nitrogens with one attached hydrogen (secondary N) is 1. The van der Waals surface area contributed by atoms with Gasteiger partial charge in [-0.1, -0.05) is 88.8 Å². The highest BCUT2D eigenvalue weighted by atomic mass is 32.2. The minimum atomic E-state index is -4.48. The molecule has 0 fully saturated rings. The first-order chi connectivity index (χ1) is 29.2. The predicted molar refractivity (Wildman–Crippen MR) is 242 cm³/mol. The van der Waals surface area contributed by atoms with Crippen LogP contribution in [0, 0.1) is 6.92 Å². The molecule has 0 saturated carbocycles. The number of imide groups is 1. The number of fused-ring (bicyclic) bond motifs is 1. The lowest BCUT2D eigenvalue weighted by atomic mass is 9.77. The van der Waals surface area contributed by atoms with E-state index in [0.29, 0.717) is 49.2 Å². The lowest BCUT2D eigenvalue weighted by Gasteiger charge is -2.29. The molecule has 0 atom stereocenters. The number of anilines is 1. The summed E-state index contributed by atoms with van der Waals surface area (Å²) in [6, 6.07) is 9.10. The van der Waals surface area contributed by atoms with Crippen LogP contribution in [0.2, 0.25) is 0 Å². The molecule has 13 nitrogen and oxygen atoms in total. The Morgan fingerprint density at radius 2 is 1.48 bits per heavy atom. The van der Waals surface area contributed by atoms with Gasteiger partial charge < -0.3 is 10.2 Å². The van der Waals surface area contributed by atoms with Gasteiger partial charge in [-0.3, -0.25) is 33.4 Å². The van der Waals surface area contributed by atoms with Crippen LogP contribution in [0.25, 0.3) is 0 Å². The SMILES string of the molecule is Cc1ccc(S(=O)(=O)O)cc1C(C)(C)C(/C=C/C=C1/N(CCCCCC(=O)NCCN2C(=O)C=CC2=O)c2ccc(S(=O)(=O)O)cc2C1(C)C)=NCCCC1=C/C=C\C=C/C=C1. The van der Waals surface area contributed by atoms with Crippen molar-refractivity contribution >= 4 is 49.4 Å². The first kappa shape index (κ1) is 47.6. The largest absolute Gasteiger partial charge is 0.354 e. The van der Waals surface area contributed by atoms with Crippen molar-refractivity contribution in [2.24, 2.45) is 4.99 Å². The van der Waals surface area contributed by atoms with Gasteiger partial charge in [0, 0.05) is 72.7 Å². The molecule has 3 N–H and O–H groups in total. The number of unbranched alkanes of at least 4 members (excludes halogenated alkanes) is 2. The molecular weight excluding hydrogens is 829 g/mol. The minimum Gasteiger partial charge on any atom is -0.354 e. The van der Waals surface area contributed by atoms with E-state index < -0.39 is 42.9 Å². The Balaban J connectivity index is 1.39. The van der Waals surface area contributed by atoms with Crippen LogP contribution in [0.1, 0.15) is 82.9 Å². The third-order valence-corrected chi connectivity index (χ3v) is 13.0. The highest BCUT2D eigenvalue weighted by Gasteiger charge is 2.40. The highest BCUT2D eigenvalue weighted by Crippen LogP contribution is 2.48. The second-order valence-electron chi connectivity index (χ2n) is 16.5. The summed E-state index contributed by atoms with van der Waals surface area (Å²) >= 11 is 0. The quantitative estimate of drug-likeness (QED) is 0.0554. The van der Waals surface area contributed by atoms with Crippen molar-refractivity contribution in [3.63, 3.8) is 0 Å². The van der Waals surface area contributed by atoms with Crippen LogP contribution in [0.3, 0.4) is 0 Å². The number of hydrogen-bond donors (Lipinski definition) is 3. The standard InChI is InChI=1S/C47H56N4O9S2/c1-34-22-23-36(61(55,56)57)32-38(34)46(2,3)41(48-28-15-18-35-16-10-7-6-8-11-17-35)19-14-20-42-47(4,5)39-33-37(62(58,59)60)24-25-40(39)50(42)30-13-9-12-21-43(52)49-29-31-51-44(53)26-27-45(51)54/h6-8,10-11,14,16-17,19-20,22-27,32-33H,9,12-13,15,18,21,28-31H2,1-5H3,(H,49,52)(H,55,56,57)(H,58,59,60)/b7-6-,8-6?,10-7?,11-8-,16-10?,17-11?,19-14+,35-16?,35-17?,42-20+,48-41?. The van der Waals surface area contributed by atoms with Gasteiger partial charge in [0.2, 0.25) is 5.91 Å². The van der Waals surface area contributed by atoms with E-state index in [1.807, 2.05) is 83.2 Å². The summed E-state index contributed by atoms with van der Waals surface area (Å²) in [5, 5.41) is 2.76. The maximum atomic E-state index is 12.5. The first-order valence-electron chi connectivity index (χ1n) is 20.6. The van der Waals surface area contributed by atoms with Crippen LogP contribution in [0.5, 0.6) is 0 Å². The van der Waals surface area contributed by atoms with Gasteiger partial charge in [-0.15, -0.1) is 0 Å². The zero-order valence-electron chi connectivity index (χ0n) is 35.9. The second kappa shape index (κ2) is 20.1. The van der Waals surface area contributed by atoms with E-state index in [4.69, 9.17) is 4.99 Å². The van der Waals surface area contributed by atoms with Gasteiger partial charge >= 0.3 is 0 Å². The Kier molecular flexibility index (Phi) is 15.5. The molecular formula is C47H56N4O9S2. The number of allylic oxidation sites excluding steroid dienone is 12. The Hall–Kier alpha value is -5.48. The molecule has 2 heterocycles. The molecule has 2 aliphatic heterocycles. The van der Waals surface area contributed by atoms with E-state index in [2.05, 4.69) is 22.4 Å². The van der Waals surface area contributed by atoms with E-state index in [0.717, 1.165) is 40.3 Å². The minimum absolute atomic E-state index is 0.0988. The zero-order valence-corrected chi connectivity index (χ0v) is 37.5. The van der Waals surface area contributed by atoms with Crippen LogP contribution < -0.4 is 10.2 Å². The van der Waals surface area contributed by atoms with Crippen LogP contribution in [-0.4, -0.2) is 80.5 Å². The topological polar surface area (TPSA) is 191 Å². The molecule has 62 heavy (non-hydrogen) atoms. The van der Waals surface area contributed by atoms with E-state index in [1.165, 1.54) is 36.4 Å². The predicted octanol–water partition coefficient (Wildman–Crippen LogP) is 7.44. The third kappa shape index (κ3) is 11.9. The Morgan fingerprint density at radius 1 is 0.823 bits per heavy atom. The molecule has 1 aliphatic carbocycles. The van der Waals surface area contributed by atoms with Crippen molar-refractivity contribution in [1.82, 2.24) is 10.2 Å². The van der Waals surface area contributed by atoms with Crippen LogP contribution >= 0.6 is 0 Å². The van der Waals surface area contributed by atoms with Gasteiger partial charge in [-0.05, 0) is 97.4 Å². The van der Waals surface area contributed by atoms with E-state index >= 15 is 0 Å². The highest BCUT2D eigenvalue weighted by molar-refractivity contribution is 7.86. The summed E-state index contributed by atoms with van der Waals surface area (Å²) in [6.45, 7) is 11.1. The van der Waals surface area contributed by atoms with Gasteiger partial charge in [-0.25, -0.2) is 0 Å². The zero-order chi connectivity index (χ0) is 45.3. The number of benzene rings is 2. The van der Waals surface area contributed by atoms with Crippen LogP contribution in [-0.2, 0) is 45.4 Å². The molecule has 0 saturated heterocycles.